The van der Waals surface area contributed by atoms with Crippen LogP contribution in [0.1, 0.15) is 43.2 Å². The van der Waals surface area contributed by atoms with Gasteiger partial charge in [0.15, 0.2) is 5.82 Å². The summed E-state index contributed by atoms with van der Waals surface area (Å²) in [6.45, 7) is 9.23. The molecule has 2 heterocycles. The molecular weight excluding hydrogens is 260 g/mol. The van der Waals surface area contributed by atoms with E-state index >= 15 is 0 Å². The van der Waals surface area contributed by atoms with Crippen LogP contribution in [0.4, 0.5) is 0 Å². The largest absolute Gasteiger partial charge is 0.339 e. The van der Waals surface area contributed by atoms with Crippen molar-refractivity contribution in [2.24, 2.45) is 0 Å². The van der Waals surface area contributed by atoms with Crippen LogP contribution in [0.2, 0.25) is 0 Å². The average molecular weight is 280 g/mol. The Morgan fingerprint density at radius 3 is 2.74 bits per heavy atom. The number of aromatic nitrogens is 3. The van der Waals surface area contributed by atoms with E-state index in [9.17, 15) is 0 Å². The molecule has 0 aliphatic rings. The third-order valence-corrected chi connectivity index (χ3v) is 3.45. The standard InChI is InChI=1S/C13H20N4OS/c1-9-8-19-12(15-9)7-10-16-11(18-17-10)5-6-14-13(2,3)4/h8,14H,5-7H2,1-4H3. The van der Waals surface area contributed by atoms with Crippen LogP contribution in [0.3, 0.4) is 0 Å². The van der Waals surface area contributed by atoms with Gasteiger partial charge in [-0.25, -0.2) is 4.98 Å². The summed E-state index contributed by atoms with van der Waals surface area (Å²) >= 11 is 1.63. The maximum Gasteiger partial charge on any atom is 0.227 e. The van der Waals surface area contributed by atoms with Crippen LogP contribution in [0, 0.1) is 6.92 Å². The van der Waals surface area contributed by atoms with Crippen molar-refractivity contribution in [1.82, 2.24) is 20.4 Å². The normalized spacial score (nSPS) is 12.0. The molecule has 1 N–H and O–H groups in total. The van der Waals surface area contributed by atoms with E-state index in [2.05, 4.69) is 41.2 Å². The highest BCUT2D eigenvalue weighted by atomic mass is 32.1. The molecule has 104 valence electrons. The molecule has 0 radical (unpaired) electrons. The highest BCUT2D eigenvalue weighted by molar-refractivity contribution is 7.09. The van der Waals surface area contributed by atoms with Crippen LogP contribution < -0.4 is 5.32 Å². The van der Waals surface area contributed by atoms with Crippen LogP contribution in [-0.4, -0.2) is 27.2 Å². The fourth-order valence-corrected chi connectivity index (χ4v) is 2.40. The first-order valence-corrected chi connectivity index (χ1v) is 7.28. The topological polar surface area (TPSA) is 63.8 Å². The van der Waals surface area contributed by atoms with Crippen LogP contribution in [-0.2, 0) is 12.8 Å². The summed E-state index contributed by atoms with van der Waals surface area (Å²) in [5, 5.41) is 10.4. The molecule has 0 aliphatic carbocycles. The molecule has 5 nitrogen and oxygen atoms in total. The first kappa shape index (κ1) is 14.1. The van der Waals surface area contributed by atoms with Crippen molar-refractivity contribution in [1.29, 1.82) is 0 Å². The van der Waals surface area contributed by atoms with Crippen molar-refractivity contribution < 1.29 is 4.52 Å². The maximum atomic E-state index is 5.23. The number of hydrogen-bond donors (Lipinski definition) is 1. The Kier molecular flexibility index (Phi) is 4.31. The first-order chi connectivity index (χ1) is 8.92. The zero-order chi connectivity index (χ0) is 13.9. The lowest BCUT2D eigenvalue weighted by Crippen LogP contribution is -2.37. The van der Waals surface area contributed by atoms with E-state index in [1.807, 2.05) is 12.3 Å². The van der Waals surface area contributed by atoms with Gasteiger partial charge in [0.1, 0.15) is 5.01 Å². The molecule has 0 unspecified atom stereocenters. The van der Waals surface area contributed by atoms with Gasteiger partial charge in [-0.05, 0) is 27.7 Å². The Balaban J connectivity index is 1.85. The average Bonchev–Trinajstić information content (AvgIpc) is 2.87. The first-order valence-electron chi connectivity index (χ1n) is 6.40. The van der Waals surface area contributed by atoms with Crippen LogP contribution in [0.25, 0.3) is 0 Å². The molecule has 0 bridgehead atoms. The van der Waals surface area contributed by atoms with Crippen LogP contribution in [0.5, 0.6) is 0 Å². The molecule has 6 heteroatoms. The molecule has 0 saturated heterocycles. The summed E-state index contributed by atoms with van der Waals surface area (Å²) in [6, 6.07) is 0. The van der Waals surface area contributed by atoms with Crippen LogP contribution >= 0.6 is 11.3 Å². The molecular formula is C13H20N4OS. The van der Waals surface area contributed by atoms with Crippen molar-refractivity contribution in [3.63, 3.8) is 0 Å². The summed E-state index contributed by atoms with van der Waals surface area (Å²) in [6.07, 6.45) is 1.40. The molecule has 0 amide bonds. The second-order valence-electron chi connectivity index (χ2n) is 5.59. The lowest BCUT2D eigenvalue weighted by Gasteiger charge is -2.19. The summed E-state index contributed by atoms with van der Waals surface area (Å²) in [4.78, 5) is 8.78. The second-order valence-corrected chi connectivity index (χ2v) is 6.53. The number of thiazole rings is 1. The van der Waals surface area contributed by atoms with Crippen molar-refractivity contribution in [2.45, 2.75) is 46.1 Å². The SMILES string of the molecule is Cc1csc(Cc2noc(CCNC(C)(C)C)n2)n1. The minimum absolute atomic E-state index is 0.112. The van der Waals surface area contributed by atoms with E-state index in [4.69, 9.17) is 4.52 Å². The van der Waals surface area contributed by atoms with E-state index in [1.54, 1.807) is 11.3 Å². The van der Waals surface area contributed by atoms with Gasteiger partial charge in [-0.3, -0.25) is 0 Å². The van der Waals surface area contributed by atoms with Gasteiger partial charge < -0.3 is 9.84 Å². The van der Waals surface area contributed by atoms with Gasteiger partial charge in [0.2, 0.25) is 5.89 Å². The Hall–Kier alpha value is -1.27. The van der Waals surface area contributed by atoms with E-state index in [1.165, 1.54) is 0 Å². The van der Waals surface area contributed by atoms with Gasteiger partial charge in [0.05, 0.1) is 6.42 Å². The molecule has 2 aromatic heterocycles. The van der Waals surface area contributed by atoms with Crippen molar-refractivity contribution in [3.05, 3.63) is 27.8 Å². The van der Waals surface area contributed by atoms with Gasteiger partial charge in [0, 0.05) is 29.6 Å². The monoisotopic (exact) mass is 280 g/mol. The lowest BCUT2D eigenvalue weighted by molar-refractivity contribution is 0.359. The van der Waals surface area contributed by atoms with E-state index in [0.717, 1.165) is 23.7 Å². The molecule has 19 heavy (non-hydrogen) atoms. The summed E-state index contributed by atoms with van der Waals surface area (Å²) in [5.41, 5.74) is 1.15. The highest BCUT2D eigenvalue weighted by Gasteiger charge is 2.11. The fourth-order valence-electron chi connectivity index (χ4n) is 1.63. The van der Waals surface area contributed by atoms with E-state index in [-0.39, 0.29) is 5.54 Å². The minimum Gasteiger partial charge on any atom is -0.339 e. The van der Waals surface area contributed by atoms with Gasteiger partial charge in [-0.15, -0.1) is 11.3 Å². The number of nitrogens with zero attached hydrogens (tertiary/aromatic N) is 3. The number of rotatable bonds is 5. The van der Waals surface area contributed by atoms with E-state index < -0.39 is 0 Å². The third kappa shape index (κ3) is 4.72. The Morgan fingerprint density at radius 2 is 2.11 bits per heavy atom. The zero-order valence-corrected chi connectivity index (χ0v) is 12.7. The van der Waals surface area contributed by atoms with Gasteiger partial charge in [0.25, 0.3) is 0 Å². The Labute approximate surface area is 117 Å². The minimum atomic E-state index is 0.112. The molecule has 0 aromatic carbocycles. The second kappa shape index (κ2) is 5.79. The van der Waals surface area contributed by atoms with Crippen molar-refractivity contribution in [3.8, 4) is 0 Å². The molecule has 0 fully saturated rings. The number of hydrogen-bond acceptors (Lipinski definition) is 6. The van der Waals surface area contributed by atoms with Crippen molar-refractivity contribution in [2.75, 3.05) is 6.54 Å². The summed E-state index contributed by atoms with van der Waals surface area (Å²) in [7, 11) is 0. The molecule has 0 spiro atoms. The fraction of sp³-hybridized carbons (Fsp3) is 0.615. The Bertz CT molecular complexity index is 527. The van der Waals surface area contributed by atoms with Crippen LogP contribution in [0.15, 0.2) is 9.90 Å². The van der Waals surface area contributed by atoms with E-state index in [0.29, 0.717) is 18.1 Å². The maximum absolute atomic E-state index is 5.23. The summed E-state index contributed by atoms with van der Waals surface area (Å²) < 4.78 is 5.23. The molecule has 0 saturated carbocycles. The predicted octanol–water partition coefficient (Wildman–Crippen LogP) is 2.36. The van der Waals surface area contributed by atoms with Gasteiger partial charge >= 0.3 is 0 Å². The smallest absolute Gasteiger partial charge is 0.227 e. The molecule has 0 atom stereocenters. The Morgan fingerprint density at radius 1 is 1.32 bits per heavy atom. The zero-order valence-electron chi connectivity index (χ0n) is 11.9. The molecule has 2 rings (SSSR count). The number of aryl methyl sites for hydroxylation is 1. The van der Waals surface area contributed by atoms with Gasteiger partial charge in [-0.1, -0.05) is 5.16 Å². The lowest BCUT2D eigenvalue weighted by atomic mass is 10.1. The summed E-state index contributed by atoms with van der Waals surface area (Å²) in [5.74, 6) is 1.39. The van der Waals surface area contributed by atoms with Gasteiger partial charge in [-0.2, -0.15) is 4.98 Å². The number of nitrogens with one attached hydrogen (secondary N) is 1. The molecule has 2 aromatic rings. The molecule has 0 aliphatic heterocycles. The third-order valence-electron chi connectivity index (χ3n) is 2.48. The highest BCUT2D eigenvalue weighted by Crippen LogP contribution is 2.12. The quantitative estimate of drug-likeness (QED) is 0.911. The predicted molar refractivity (Wildman–Crippen MR) is 75.4 cm³/mol. The van der Waals surface area contributed by atoms with Crippen molar-refractivity contribution >= 4 is 11.3 Å².